The number of nitrogens with one attached hydrogen (secondary N) is 1. The van der Waals surface area contributed by atoms with Crippen molar-refractivity contribution in [2.75, 3.05) is 5.32 Å². The first-order valence-corrected chi connectivity index (χ1v) is 12.2. The average molecular weight is 441 g/mol. The molecular formula is C26H20N2OS2. The number of anilines is 1. The summed E-state index contributed by atoms with van der Waals surface area (Å²) in [5.41, 5.74) is 4.24. The van der Waals surface area contributed by atoms with E-state index in [1.807, 2.05) is 48.5 Å². The molecular weight excluding hydrogens is 420 g/mol. The number of aromatic nitrogens is 1. The largest absolute Gasteiger partial charge is 0.313 e. The fourth-order valence-corrected chi connectivity index (χ4v) is 6.85. The number of fused-ring (bicyclic) bond motifs is 3. The highest BCUT2D eigenvalue weighted by Crippen LogP contribution is 2.46. The zero-order valence-electron chi connectivity index (χ0n) is 16.9. The SMILES string of the molecule is O=C(Nc1sc2c(c1-c1nc3ccccc3s1)CCCC2)c1cccc2ccccc12. The Kier molecular flexibility index (Phi) is 4.59. The van der Waals surface area contributed by atoms with Gasteiger partial charge in [-0.1, -0.05) is 48.5 Å². The molecule has 152 valence electrons. The molecule has 1 N–H and O–H groups in total. The van der Waals surface area contributed by atoms with Crippen LogP contribution in [0.5, 0.6) is 0 Å². The minimum absolute atomic E-state index is 0.0576. The summed E-state index contributed by atoms with van der Waals surface area (Å²) >= 11 is 3.44. The molecule has 1 aliphatic carbocycles. The van der Waals surface area contributed by atoms with Crippen LogP contribution in [0.3, 0.4) is 0 Å². The number of benzene rings is 3. The quantitative estimate of drug-likeness (QED) is 0.320. The van der Waals surface area contributed by atoms with Crippen molar-refractivity contribution in [3.05, 3.63) is 82.7 Å². The molecule has 3 nitrogen and oxygen atoms in total. The van der Waals surface area contributed by atoms with E-state index in [1.54, 1.807) is 22.7 Å². The van der Waals surface area contributed by atoms with E-state index < -0.39 is 0 Å². The van der Waals surface area contributed by atoms with E-state index in [1.165, 1.54) is 28.0 Å². The van der Waals surface area contributed by atoms with Gasteiger partial charge in [-0.05, 0) is 60.2 Å². The van der Waals surface area contributed by atoms with Gasteiger partial charge in [-0.3, -0.25) is 4.79 Å². The number of aryl methyl sites for hydroxylation is 1. The zero-order valence-corrected chi connectivity index (χ0v) is 18.5. The van der Waals surface area contributed by atoms with Gasteiger partial charge in [-0.2, -0.15) is 0 Å². The Bertz CT molecular complexity index is 1410. The van der Waals surface area contributed by atoms with Crippen LogP contribution in [0.25, 0.3) is 31.6 Å². The van der Waals surface area contributed by atoms with Gasteiger partial charge in [0.1, 0.15) is 10.0 Å². The number of hydrogen-bond donors (Lipinski definition) is 1. The number of thiophene rings is 1. The molecule has 1 amide bonds. The molecule has 0 spiro atoms. The summed E-state index contributed by atoms with van der Waals surface area (Å²) in [6.07, 6.45) is 4.55. The van der Waals surface area contributed by atoms with Crippen molar-refractivity contribution < 1.29 is 4.79 Å². The summed E-state index contributed by atoms with van der Waals surface area (Å²) in [6.45, 7) is 0. The van der Waals surface area contributed by atoms with Crippen LogP contribution < -0.4 is 5.32 Å². The van der Waals surface area contributed by atoms with Crippen molar-refractivity contribution in [1.82, 2.24) is 4.98 Å². The van der Waals surface area contributed by atoms with E-state index in [2.05, 4.69) is 23.5 Å². The Hall–Kier alpha value is -3.02. The molecule has 5 aromatic rings. The van der Waals surface area contributed by atoms with Crippen molar-refractivity contribution in [2.45, 2.75) is 25.7 Å². The first-order chi connectivity index (χ1) is 15.3. The Morgan fingerprint density at radius 3 is 2.61 bits per heavy atom. The maximum Gasteiger partial charge on any atom is 0.256 e. The van der Waals surface area contributed by atoms with Gasteiger partial charge in [-0.25, -0.2) is 4.98 Å². The molecule has 3 aromatic carbocycles. The van der Waals surface area contributed by atoms with Gasteiger partial charge >= 0.3 is 0 Å². The van der Waals surface area contributed by atoms with Crippen molar-refractivity contribution in [1.29, 1.82) is 0 Å². The summed E-state index contributed by atoms with van der Waals surface area (Å²) in [4.78, 5) is 19.7. The third-order valence-electron chi connectivity index (χ3n) is 5.94. The zero-order chi connectivity index (χ0) is 20.8. The molecule has 6 rings (SSSR count). The van der Waals surface area contributed by atoms with Crippen LogP contribution in [0.1, 0.15) is 33.6 Å². The molecule has 5 heteroatoms. The van der Waals surface area contributed by atoms with Crippen molar-refractivity contribution >= 4 is 54.6 Å². The summed E-state index contributed by atoms with van der Waals surface area (Å²) in [5.74, 6) is -0.0576. The lowest BCUT2D eigenvalue weighted by molar-refractivity contribution is 0.102. The predicted molar refractivity (Wildman–Crippen MR) is 131 cm³/mol. The summed E-state index contributed by atoms with van der Waals surface area (Å²) < 4.78 is 1.18. The second kappa shape index (κ2) is 7.59. The molecule has 0 bridgehead atoms. The molecule has 0 aliphatic heterocycles. The van der Waals surface area contributed by atoms with Gasteiger partial charge in [0.2, 0.25) is 0 Å². The summed E-state index contributed by atoms with van der Waals surface area (Å²) in [5, 5.41) is 7.26. The second-order valence-electron chi connectivity index (χ2n) is 7.88. The number of carbonyl (C=O) groups is 1. The van der Waals surface area contributed by atoms with E-state index in [4.69, 9.17) is 4.98 Å². The maximum absolute atomic E-state index is 13.4. The Balaban J connectivity index is 1.46. The van der Waals surface area contributed by atoms with E-state index >= 15 is 0 Å². The molecule has 2 aromatic heterocycles. The lowest BCUT2D eigenvalue weighted by atomic mass is 9.95. The number of nitrogens with zero attached hydrogens (tertiary/aromatic N) is 1. The van der Waals surface area contributed by atoms with E-state index in [0.29, 0.717) is 5.56 Å². The van der Waals surface area contributed by atoms with Gasteiger partial charge < -0.3 is 5.32 Å². The molecule has 0 saturated carbocycles. The van der Waals surface area contributed by atoms with Crippen LogP contribution in [0.4, 0.5) is 5.00 Å². The molecule has 1 aliphatic rings. The Labute approximate surface area is 188 Å². The van der Waals surface area contributed by atoms with Crippen molar-refractivity contribution in [3.8, 4) is 10.6 Å². The van der Waals surface area contributed by atoms with E-state index in [9.17, 15) is 4.79 Å². The molecule has 0 radical (unpaired) electrons. The lowest BCUT2D eigenvalue weighted by Gasteiger charge is -2.12. The third-order valence-corrected chi connectivity index (χ3v) is 8.20. The van der Waals surface area contributed by atoms with Gasteiger partial charge in [0, 0.05) is 16.0 Å². The molecule has 0 fully saturated rings. The molecule has 0 saturated heterocycles. The Morgan fingerprint density at radius 2 is 1.68 bits per heavy atom. The van der Waals surface area contributed by atoms with E-state index in [-0.39, 0.29) is 5.91 Å². The van der Waals surface area contributed by atoms with Crippen LogP contribution in [0.2, 0.25) is 0 Å². The average Bonchev–Trinajstić information content (AvgIpc) is 3.39. The number of amides is 1. The molecule has 0 atom stereocenters. The first kappa shape index (κ1) is 18.7. The molecule has 2 heterocycles. The van der Waals surface area contributed by atoms with Gasteiger partial charge in [0.25, 0.3) is 5.91 Å². The third kappa shape index (κ3) is 3.25. The summed E-state index contributed by atoms with van der Waals surface area (Å²) in [6, 6.07) is 22.2. The van der Waals surface area contributed by atoms with Gasteiger partial charge in [0.05, 0.1) is 10.2 Å². The Morgan fingerprint density at radius 1 is 0.871 bits per heavy atom. The van der Waals surface area contributed by atoms with Crippen LogP contribution in [-0.2, 0) is 12.8 Å². The van der Waals surface area contributed by atoms with Crippen LogP contribution >= 0.6 is 22.7 Å². The number of hydrogen-bond acceptors (Lipinski definition) is 4. The number of para-hydroxylation sites is 1. The molecule has 31 heavy (non-hydrogen) atoms. The number of rotatable bonds is 3. The molecule has 0 unspecified atom stereocenters. The minimum atomic E-state index is -0.0576. The maximum atomic E-state index is 13.4. The van der Waals surface area contributed by atoms with Gasteiger partial charge in [0.15, 0.2) is 0 Å². The highest BCUT2D eigenvalue weighted by Gasteiger charge is 2.25. The first-order valence-electron chi connectivity index (χ1n) is 10.6. The topological polar surface area (TPSA) is 42.0 Å². The normalized spacial score (nSPS) is 13.4. The van der Waals surface area contributed by atoms with Crippen molar-refractivity contribution in [2.24, 2.45) is 0 Å². The van der Waals surface area contributed by atoms with Crippen LogP contribution in [0, 0.1) is 0 Å². The smallest absolute Gasteiger partial charge is 0.256 e. The fraction of sp³-hybridized carbons (Fsp3) is 0.154. The highest BCUT2D eigenvalue weighted by atomic mass is 32.1. The number of carbonyl (C=O) groups excluding carboxylic acids is 1. The standard InChI is InChI=1S/C26H20N2OS2/c29-24(18-12-7-9-16-8-1-2-10-17(16)18)28-26-23(19-11-3-5-14-21(19)30-26)25-27-20-13-4-6-15-22(20)31-25/h1-2,4,6-10,12-13,15H,3,5,11,14H2,(H,28,29). The summed E-state index contributed by atoms with van der Waals surface area (Å²) in [7, 11) is 0. The van der Waals surface area contributed by atoms with Gasteiger partial charge in [-0.15, -0.1) is 22.7 Å². The van der Waals surface area contributed by atoms with E-state index in [0.717, 1.165) is 44.7 Å². The van der Waals surface area contributed by atoms with Crippen molar-refractivity contribution in [3.63, 3.8) is 0 Å². The predicted octanol–water partition coefficient (Wildman–Crippen LogP) is 7.31. The number of thiazole rings is 1. The van der Waals surface area contributed by atoms with Crippen LogP contribution in [-0.4, -0.2) is 10.9 Å². The fourth-order valence-electron chi connectivity index (χ4n) is 4.45. The second-order valence-corrected chi connectivity index (χ2v) is 10.0. The highest BCUT2D eigenvalue weighted by molar-refractivity contribution is 7.23. The lowest BCUT2D eigenvalue weighted by Crippen LogP contribution is -2.12. The monoisotopic (exact) mass is 440 g/mol. The minimum Gasteiger partial charge on any atom is -0.313 e. The van der Waals surface area contributed by atoms with Crippen LogP contribution in [0.15, 0.2) is 66.7 Å².